The molecule has 4 nitrogen and oxygen atoms in total. The van der Waals surface area contributed by atoms with Gasteiger partial charge in [-0.3, -0.25) is 4.98 Å². The van der Waals surface area contributed by atoms with Gasteiger partial charge >= 0.3 is 6.03 Å². The van der Waals surface area contributed by atoms with Gasteiger partial charge in [0.2, 0.25) is 0 Å². The Morgan fingerprint density at radius 3 is 2.86 bits per heavy atom. The van der Waals surface area contributed by atoms with E-state index in [9.17, 15) is 9.18 Å². The minimum absolute atomic E-state index is 0.226. The molecule has 0 saturated heterocycles. The third-order valence-corrected chi connectivity index (χ3v) is 3.56. The van der Waals surface area contributed by atoms with Gasteiger partial charge in [0, 0.05) is 43.1 Å². The highest BCUT2D eigenvalue weighted by Gasteiger charge is 2.10. The first-order valence-corrected chi connectivity index (χ1v) is 7.26. The van der Waals surface area contributed by atoms with Gasteiger partial charge in [0.25, 0.3) is 0 Å². The van der Waals surface area contributed by atoms with Crippen molar-refractivity contribution in [3.63, 3.8) is 0 Å². The van der Waals surface area contributed by atoms with E-state index in [2.05, 4.69) is 10.3 Å². The molecule has 2 amide bonds. The predicted octanol–water partition coefficient (Wildman–Crippen LogP) is 3.26. The van der Waals surface area contributed by atoms with Crippen LogP contribution >= 0.6 is 11.6 Å². The number of hydrogen-bond donors (Lipinski definition) is 1. The molecule has 0 aliphatic rings. The lowest BCUT2D eigenvalue weighted by Crippen LogP contribution is -2.37. The van der Waals surface area contributed by atoms with Gasteiger partial charge in [-0.05, 0) is 30.2 Å². The highest BCUT2D eigenvalue weighted by Crippen LogP contribution is 2.18. The molecule has 1 aromatic carbocycles. The fourth-order valence-corrected chi connectivity index (χ4v) is 2.30. The lowest BCUT2D eigenvalue weighted by Gasteiger charge is -2.18. The summed E-state index contributed by atoms with van der Waals surface area (Å²) >= 11 is 5.94. The van der Waals surface area contributed by atoms with Crippen LogP contribution in [-0.2, 0) is 13.0 Å². The zero-order valence-corrected chi connectivity index (χ0v) is 13.0. The number of halogens is 2. The summed E-state index contributed by atoms with van der Waals surface area (Å²) in [5.41, 5.74) is 1.36. The number of carbonyl (C=O) groups excluding carboxylic acids is 1. The zero-order chi connectivity index (χ0) is 15.9. The van der Waals surface area contributed by atoms with Crippen LogP contribution in [0.4, 0.5) is 9.18 Å². The second-order valence-electron chi connectivity index (χ2n) is 4.90. The maximum absolute atomic E-state index is 13.6. The van der Waals surface area contributed by atoms with Crippen LogP contribution in [0.2, 0.25) is 5.02 Å². The molecule has 1 aromatic heterocycles. The first kappa shape index (κ1) is 16.2. The molecule has 22 heavy (non-hydrogen) atoms. The van der Waals surface area contributed by atoms with Gasteiger partial charge in [-0.25, -0.2) is 9.18 Å². The van der Waals surface area contributed by atoms with Gasteiger partial charge in [-0.15, -0.1) is 0 Å². The largest absolute Gasteiger partial charge is 0.338 e. The van der Waals surface area contributed by atoms with E-state index in [-0.39, 0.29) is 11.8 Å². The van der Waals surface area contributed by atoms with Crippen LogP contribution in [0.1, 0.15) is 11.1 Å². The van der Waals surface area contributed by atoms with Crippen molar-refractivity contribution in [3.8, 4) is 0 Å². The Hall–Kier alpha value is -2.14. The second-order valence-corrected chi connectivity index (χ2v) is 5.31. The van der Waals surface area contributed by atoms with Crippen molar-refractivity contribution >= 4 is 17.6 Å². The summed E-state index contributed by atoms with van der Waals surface area (Å²) in [4.78, 5) is 17.5. The van der Waals surface area contributed by atoms with E-state index in [1.807, 2.05) is 12.1 Å². The number of nitrogens with one attached hydrogen (secondary N) is 1. The van der Waals surface area contributed by atoms with Crippen molar-refractivity contribution in [2.45, 2.75) is 13.0 Å². The minimum atomic E-state index is -0.356. The van der Waals surface area contributed by atoms with E-state index < -0.39 is 0 Å². The van der Waals surface area contributed by atoms with E-state index in [0.717, 1.165) is 5.56 Å². The Morgan fingerprint density at radius 1 is 1.36 bits per heavy atom. The molecule has 0 radical (unpaired) electrons. The molecule has 0 unspecified atom stereocenters. The maximum Gasteiger partial charge on any atom is 0.317 e. The molecule has 6 heteroatoms. The van der Waals surface area contributed by atoms with Crippen molar-refractivity contribution in [3.05, 3.63) is 64.7 Å². The van der Waals surface area contributed by atoms with Crippen LogP contribution in [0, 0.1) is 5.82 Å². The highest BCUT2D eigenvalue weighted by atomic mass is 35.5. The Bertz CT molecular complexity index is 616. The second kappa shape index (κ2) is 7.75. The fourth-order valence-electron chi connectivity index (χ4n) is 2.04. The molecule has 1 heterocycles. The van der Waals surface area contributed by atoms with Crippen LogP contribution in [0.15, 0.2) is 42.7 Å². The predicted molar refractivity (Wildman–Crippen MR) is 84.2 cm³/mol. The number of urea groups is 1. The van der Waals surface area contributed by atoms with Crippen LogP contribution in [0.25, 0.3) is 0 Å². The van der Waals surface area contributed by atoms with Gasteiger partial charge in [0.15, 0.2) is 0 Å². The lowest BCUT2D eigenvalue weighted by molar-refractivity contribution is 0.207. The lowest BCUT2D eigenvalue weighted by atomic mass is 10.1. The molecular formula is C16H17ClFN3O. The maximum atomic E-state index is 13.6. The number of aromatic nitrogens is 1. The topological polar surface area (TPSA) is 45.2 Å². The van der Waals surface area contributed by atoms with Crippen molar-refractivity contribution < 1.29 is 9.18 Å². The van der Waals surface area contributed by atoms with Crippen LogP contribution in [-0.4, -0.2) is 29.5 Å². The summed E-state index contributed by atoms with van der Waals surface area (Å²) in [5.74, 6) is -0.356. The number of hydrogen-bond acceptors (Lipinski definition) is 2. The molecule has 116 valence electrons. The monoisotopic (exact) mass is 321 g/mol. The van der Waals surface area contributed by atoms with E-state index >= 15 is 0 Å². The molecule has 1 N–H and O–H groups in total. The minimum Gasteiger partial charge on any atom is -0.338 e. The number of nitrogens with zero attached hydrogens (tertiary/aromatic N) is 2. The fraction of sp³-hybridized carbons (Fsp3) is 0.250. The summed E-state index contributed by atoms with van der Waals surface area (Å²) in [6.07, 6.45) is 3.74. The summed E-state index contributed by atoms with van der Waals surface area (Å²) in [6.45, 7) is 0.775. The first-order chi connectivity index (χ1) is 10.6. The van der Waals surface area contributed by atoms with Gasteiger partial charge in [0.05, 0.1) is 0 Å². The van der Waals surface area contributed by atoms with Gasteiger partial charge in [-0.2, -0.15) is 0 Å². The van der Waals surface area contributed by atoms with Crippen LogP contribution < -0.4 is 5.32 Å². The summed E-state index contributed by atoms with van der Waals surface area (Å²) in [7, 11) is 1.69. The van der Waals surface area contributed by atoms with E-state index in [0.29, 0.717) is 30.1 Å². The third kappa shape index (κ3) is 4.43. The van der Waals surface area contributed by atoms with Gasteiger partial charge in [-0.1, -0.05) is 23.7 Å². The highest BCUT2D eigenvalue weighted by molar-refractivity contribution is 6.31. The number of amides is 2. The molecule has 0 atom stereocenters. The molecule has 0 fully saturated rings. The number of carbonyl (C=O) groups is 1. The normalized spacial score (nSPS) is 10.3. The van der Waals surface area contributed by atoms with E-state index in [4.69, 9.17) is 11.6 Å². The third-order valence-electron chi connectivity index (χ3n) is 3.20. The first-order valence-electron chi connectivity index (χ1n) is 6.88. The number of pyridine rings is 1. The molecule has 0 aliphatic carbocycles. The average molecular weight is 322 g/mol. The summed E-state index contributed by atoms with van der Waals surface area (Å²) < 4.78 is 13.6. The molecule has 0 aliphatic heterocycles. The zero-order valence-electron chi connectivity index (χ0n) is 12.2. The quantitative estimate of drug-likeness (QED) is 0.918. The number of rotatable bonds is 5. The van der Waals surface area contributed by atoms with Crippen molar-refractivity contribution in [2.24, 2.45) is 0 Å². The van der Waals surface area contributed by atoms with Gasteiger partial charge < -0.3 is 10.2 Å². The molecule has 2 aromatic rings. The molecule has 0 spiro atoms. The molecule has 0 saturated carbocycles. The van der Waals surface area contributed by atoms with Crippen molar-refractivity contribution in [1.29, 1.82) is 0 Å². The number of benzene rings is 1. The van der Waals surface area contributed by atoms with E-state index in [1.165, 1.54) is 6.07 Å². The van der Waals surface area contributed by atoms with Crippen LogP contribution in [0.5, 0.6) is 0 Å². The summed E-state index contributed by atoms with van der Waals surface area (Å²) in [5, 5.41) is 3.12. The SMILES string of the molecule is CN(Cc1cccnc1)C(=O)NCCc1c(F)cccc1Cl. The Labute approximate surface area is 133 Å². The summed E-state index contributed by atoms with van der Waals surface area (Å²) in [6, 6.07) is 8.04. The van der Waals surface area contributed by atoms with Crippen molar-refractivity contribution in [2.75, 3.05) is 13.6 Å². The van der Waals surface area contributed by atoms with E-state index in [1.54, 1.807) is 36.5 Å². The smallest absolute Gasteiger partial charge is 0.317 e. The van der Waals surface area contributed by atoms with Gasteiger partial charge in [0.1, 0.15) is 5.82 Å². The Balaban J connectivity index is 1.82. The molecule has 2 rings (SSSR count). The van der Waals surface area contributed by atoms with Crippen molar-refractivity contribution in [1.82, 2.24) is 15.2 Å². The molecule has 0 bridgehead atoms. The molecular weight excluding hydrogens is 305 g/mol. The standard InChI is InChI=1S/C16H17ClFN3O/c1-21(11-12-4-3-8-19-10-12)16(22)20-9-7-13-14(17)5-2-6-15(13)18/h2-6,8,10H,7,9,11H2,1H3,(H,20,22). The van der Waals surface area contributed by atoms with Crippen LogP contribution in [0.3, 0.4) is 0 Å². The Morgan fingerprint density at radius 2 is 2.18 bits per heavy atom. The average Bonchev–Trinajstić information content (AvgIpc) is 2.51. The Kier molecular flexibility index (Phi) is 5.72.